The summed E-state index contributed by atoms with van der Waals surface area (Å²) < 4.78 is 11.9. The number of likely N-dealkylation sites (N-methyl/N-ethyl adjacent to an activating group) is 1. The monoisotopic (exact) mass is 200 g/mol. The van der Waals surface area contributed by atoms with Crippen LogP contribution >= 0.6 is 0 Å². The second-order valence-corrected chi connectivity index (χ2v) is 4.71. The topological polar surface area (TPSA) is 56.5 Å². The van der Waals surface area contributed by atoms with Gasteiger partial charge < -0.3 is 15.2 Å². The Morgan fingerprint density at radius 2 is 2.21 bits per heavy atom. The lowest BCUT2D eigenvalue weighted by Gasteiger charge is -2.27. The molecule has 14 heavy (non-hydrogen) atoms. The van der Waals surface area contributed by atoms with E-state index in [9.17, 15) is 0 Å². The maximum Gasteiger partial charge on any atom is 0.165 e. The summed E-state index contributed by atoms with van der Waals surface area (Å²) in [6, 6.07) is 0. The van der Waals surface area contributed by atoms with E-state index < -0.39 is 5.79 Å². The SMILES string of the molecule is CNC12CCC(CN)C1OC(C)(C)O2. The molecule has 4 heteroatoms. The van der Waals surface area contributed by atoms with Crippen LogP contribution in [0.5, 0.6) is 0 Å². The fourth-order valence-corrected chi connectivity index (χ4v) is 2.70. The molecule has 3 unspecified atom stereocenters. The van der Waals surface area contributed by atoms with Crippen LogP contribution < -0.4 is 11.1 Å². The first kappa shape index (κ1) is 10.4. The highest BCUT2D eigenvalue weighted by Crippen LogP contribution is 2.46. The molecule has 2 rings (SSSR count). The standard InChI is InChI=1S/C10H20N2O2/c1-9(2)13-8-7(6-11)4-5-10(8,12-3)14-9/h7-8,12H,4-6,11H2,1-3H3. The van der Waals surface area contributed by atoms with Crippen molar-refractivity contribution in [1.29, 1.82) is 0 Å². The van der Waals surface area contributed by atoms with E-state index in [0.29, 0.717) is 12.5 Å². The predicted octanol–water partition coefficient (Wildman–Crippen LogP) is 0.422. The van der Waals surface area contributed by atoms with Gasteiger partial charge in [0.05, 0.1) is 0 Å². The number of nitrogens with two attached hydrogens (primary N) is 1. The smallest absolute Gasteiger partial charge is 0.165 e. The highest BCUT2D eigenvalue weighted by Gasteiger charge is 2.58. The third kappa shape index (κ3) is 1.37. The average molecular weight is 200 g/mol. The molecule has 1 aliphatic carbocycles. The van der Waals surface area contributed by atoms with Crippen molar-refractivity contribution in [2.75, 3.05) is 13.6 Å². The van der Waals surface area contributed by atoms with Crippen molar-refractivity contribution < 1.29 is 9.47 Å². The predicted molar refractivity (Wildman–Crippen MR) is 53.6 cm³/mol. The molecule has 0 bridgehead atoms. The van der Waals surface area contributed by atoms with E-state index in [1.807, 2.05) is 20.9 Å². The van der Waals surface area contributed by atoms with Gasteiger partial charge in [-0.1, -0.05) is 0 Å². The van der Waals surface area contributed by atoms with Crippen molar-refractivity contribution in [2.45, 2.75) is 44.3 Å². The summed E-state index contributed by atoms with van der Waals surface area (Å²) in [5.41, 5.74) is 5.43. The zero-order valence-electron chi connectivity index (χ0n) is 9.17. The third-order valence-electron chi connectivity index (χ3n) is 3.34. The summed E-state index contributed by atoms with van der Waals surface area (Å²) in [4.78, 5) is 0. The van der Waals surface area contributed by atoms with Crippen LogP contribution in [0.1, 0.15) is 26.7 Å². The lowest BCUT2D eigenvalue weighted by atomic mass is 10.0. The lowest BCUT2D eigenvalue weighted by Crippen LogP contribution is -2.50. The van der Waals surface area contributed by atoms with Crippen molar-refractivity contribution in [3.63, 3.8) is 0 Å². The van der Waals surface area contributed by atoms with E-state index in [4.69, 9.17) is 15.2 Å². The third-order valence-corrected chi connectivity index (χ3v) is 3.34. The van der Waals surface area contributed by atoms with Gasteiger partial charge in [0.2, 0.25) is 0 Å². The lowest BCUT2D eigenvalue weighted by molar-refractivity contribution is -0.175. The van der Waals surface area contributed by atoms with Crippen molar-refractivity contribution in [3.8, 4) is 0 Å². The average Bonchev–Trinajstić information content (AvgIpc) is 2.56. The quantitative estimate of drug-likeness (QED) is 0.678. The molecule has 3 N–H and O–H groups in total. The van der Waals surface area contributed by atoms with Gasteiger partial charge in [0.25, 0.3) is 0 Å². The van der Waals surface area contributed by atoms with E-state index in [1.54, 1.807) is 0 Å². The minimum atomic E-state index is -0.485. The summed E-state index contributed by atoms with van der Waals surface area (Å²) in [6.45, 7) is 4.59. The fourth-order valence-electron chi connectivity index (χ4n) is 2.70. The molecule has 0 aromatic carbocycles. The zero-order valence-corrected chi connectivity index (χ0v) is 9.17. The minimum Gasteiger partial charge on any atom is -0.342 e. The van der Waals surface area contributed by atoms with Crippen molar-refractivity contribution >= 4 is 0 Å². The molecule has 0 amide bonds. The van der Waals surface area contributed by atoms with Crippen LogP contribution in [0.4, 0.5) is 0 Å². The molecule has 3 atom stereocenters. The van der Waals surface area contributed by atoms with Gasteiger partial charge in [0, 0.05) is 5.92 Å². The Hall–Kier alpha value is -0.160. The summed E-state index contributed by atoms with van der Waals surface area (Å²) in [7, 11) is 1.93. The molecule has 0 spiro atoms. The molecule has 4 nitrogen and oxygen atoms in total. The van der Waals surface area contributed by atoms with Crippen LogP contribution in [0.3, 0.4) is 0 Å². The molecule has 0 aromatic rings. The molecule has 0 aromatic heterocycles. The van der Waals surface area contributed by atoms with Crippen LogP contribution in [0.15, 0.2) is 0 Å². The van der Waals surface area contributed by atoms with E-state index in [2.05, 4.69) is 5.32 Å². The summed E-state index contributed by atoms with van der Waals surface area (Å²) >= 11 is 0. The van der Waals surface area contributed by atoms with Crippen LogP contribution in [-0.2, 0) is 9.47 Å². The number of ether oxygens (including phenoxy) is 2. The van der Waals surface area contributed by atoms with Crippen molar-refractivity contribution in [1.82, 2.24) is 5.32 Å². The molecule has 1 heterocycles. The second-order valence-electron chi connectivity index (χ2n) is 4.71. The summed E-state index contributed by atoms with van der Waals surface area (Å²) in [5.74, 6) is -0.0640. The number of fused-ring (bicyclic) bond motifs is 1. The second kappa shape index (κ2) is 3.17. The van der Waals surface area contributed by atoms with Gasteiger partial charge in [0.15, 0.2) is 5.79 Å². The Morgan fingerprint density at radius 3 is 2.79 bits per heavy atom. The first-order valence-electron chi connectivity index (χ1n) is 5.30. The molecule has 2 aliphatic rings. The molecule has 1 aliphatic heterocycles. The molecule has 1 saturated heterocycles. The largest absolute Gasteiger partial charge is 0.342 e. The first-order chi connectivity index (χ1) is 6.53. The van der Waals surface area contributed by atoms with Gasteiger partial charge in [-0.15, -0.1) is 0 Å². The summed E-state index contributed by atoms with van der Waals surface area (Å²) in [5, 5.41) is 3.26. The van der Waals surface area contributed by atoms with Gasteiger partial charge >= 0.3 is 0 Å². The maximum absolute atomic E-state index is 5.95. The van der Waals surface area contributed by atoms with Gasteiger partial charge in [-0.2, -0.15) is 0 Å². The molecule has 82 valence electrons. The highest BCUT2D eigenvalue weighted by atomic mass is 16.8. The van der Waals surface area contributed by atoms with Gasteiger partial charge in [-0.05, 0) is 40.3 Å². The Bertz CT molecular complexity index is 232. The van der Waals surface area contributed by atoms with Crippen LogP contribution in [-0.4, -0.2) is 31.2 Å². The van der Waals surface area contributed by atoms with Crippen LogP contribution in [0.25, 0.3) is 0 Å². The molecular formula is C10H20N2O2. The first-order valence-corrected chi connectivity index (χ1v) is 5.30. The molecule has 0 radical (unpaired) electrons. The van der Waals surface area contributed by atoms with Gasteiger partial charge in [-0.3, -0.25) is 5.32 Å². The highest BCUT2D eigenvalue weighted by molar-refractivity contribution is 5.02. The van der Waals surface area contributed by atoms with E-state index >= 15 is 0 Å². The van der Waals surface area contributed by atoms with Gasteiger partial charge in [-0.25, -0.2) is 0 Å². The number of nitrogens with one attached hydrogen (secondary N) is 1. The molecular weight excluding hydrogens is 180 g/mol. The van der Waals surface area contributed by atoms with Crippen molar-refractivity contribution in [3.05, 3.63) is 0 Å². The Morgan fingerprint density at radius 1 is 1.50 bits per heavy atom. The number of hydrogen-bond acceptors (Lipinski definition) is 4. The number of rotatable bonds is 2. The maximum atomic E-state index is 5.95. The van der Waals surface area contributed by atoms with E-state index in [0.717, 1.165) is 12.8 Å². The Balaban J connectivity index is 2.22. The zero-order chi connectivity index (χ0) is 10.4. The van der Waals surface area contributed by atoms with Crippen LogP contribution in [0, 0.1) is 5.92 Å². The Kier molecular flexibility index (Phi) is 2.34. The van der Waals surface area contributed by atoms with Crippen molar-refractivity contribution in [2.24, 2.45) is 11.7 Å². The van der Waals surface area contributed by atoms with Gasteiger partial charge in [0.1, 0.15) is 11.8 Å². The van der Waals surface area contributed by atoms with E-state index in [-0.39, 0.29) is 11.8 Å². The fraction of sp³-hybridized carbons (Fsp3) is 1.00. The molecule has 2 fully saturated rings. The minimum absolute atomic E-state index is 0.104. The Labute approximate surface area is 85.1 Å². The number of hydrogen-bond donors (Lipinski definition) is 2. The van der Waals surface area contributed by atoms with E-state index in [1.165, 1.54) is 0 Å². The summed E-state index contributed by atoms with van der Waals surface area (Å²) in [6.07, 6.45) is 2.17. The van der Waals surface area contributed by atoms with Crippen LogP contribution in [0.2, 0.25) is 0 Å². The molecule has 1 saturated carbocycles. The normalized spacial score (nSPS) is 45.4.